The number of halogens is 1. The van der Waals surface area contributed by atoms with E-state index in [4.69, 9.17) is 4.74 Å². The van der Waals surface area contributed by atoms with Crippen molar-refractivity contribution in [1.82, 2.24) is 10.6 Å². The van der Waals surface area contributed by atoms with Crippen molar-refractivity contribution in [2.75, 3.05) is 39.1 Å². The molecule has 2 N–H and O–H groups in total. The van der Waals surface area contributed by atoms with Crippen LogP contribution in [0.4, 0.5) is 0 Å². The molecule has 136 valence electrons. The standard InChI is InChI=1S/C17H33N3OS.HI/c1-3-21-11-10-17(8-4-5-9-17)14-20-16(18-2)19-13-15-7-6-12-22-15;/h15H,3-14H2,1-2H3,(H2,18,19,20);1H. The quantitative estimate of drug-likeness (QED) is 0.254. The van der Waals surface area contributed by atoms with E-state index in [0.717, 1.165) is 37.5 Å². The molecule has 1 aliphatic carbocycles. The van der Waals surface area contributed by atoms with Gasteiger partial charge in [0.15, 0.2) is 5.96 Å². The van der Waals surface area contributed by atoms with E-state index in [1.807, 2.05) is 7.05 Å². The molecule has 2 fully saturated rings. The molecule has 0 bridgehead atoms. The number of ether oxygens (including phenoxy) is 1. The molecule has 0 radical (unpaired) electrons. The predicted octanol–water partition coefficient (Wildman–Crippen LogP) is 3.65. The molecule has 23 heavy (non-hydrogen) atoms. The van der Waals surface area contributed by atoms with Crippen molar-refractivity contribution in [2.45, 2.75) is 57.1 Å². The summed E-state index contributed by atoms with van der Waals surface area (Å²) in [4.78, 5) is 4.39. The van der Waals surface area contributed by atoms with E-state index in [9.17, 15) is 0 Å². The van der Waals surface area contributed by atoms with Crippen molar-refractivity contribution in [3.8, 4) is 0 Å². The summed E-state index contributed by atoms with van der Waals surface area (Å²) in [5, 5.41) is 7.84. The van der Waals surface area contributed by atoms with Crippen LogP contribution in [0.15, 0.2) is 4.99 Å². The number of guanidine groups is 1. The van der Waals surface area contributed by atoms with E-state index in [2.05, 4.69) is 34.3 Å². The molecule has 0 spiro atoms. The first-order valence-electron chi connectivity index (χ1n) is 8.92. The van der Waals surface area contributed by atoms with Crippen LogP contribution in [0.3, 0.4) is 0 Å². The van der Waals surface area contributed by atoms with E-state index < -0.39 is 0 Å². The Bertz CT molecular complexity index is 343. The largest absolute Gasteiger partial charge is 0.382 e. The van der Waals surface area contributed by atoms with E-state index in [-0.39, 0.29) is 24.0 Å². The smallest absolute Gasteiger partial charge is 0.191 e. The van der Waals surface area contributed by atoms with E-state index in [0.29, 0.717) is 5.41 Å². The zero-order valence-corrected chi connectivity index (χ0v) is 17.9. The van der Waals surface area contributed by atoms with Crippen LogP contribution in [0.2, 0.25) is 0 Å². The second kappa shape index (κ2) is 11.8. The molecule has 1 saturated carbocycles. The topological polar surface area (TPSA) is 45.6 Å². The highest BCUT2D eigenvalue weighted by Gasteiger charge is 2.33. The highest BCUT2D eigenvalue weighted by molar-refractivity contribution is 14.0. The molecule has 1 heterocycles. The molecule has 0 aromatic carbocycles. The van der Waals surface area contributed by atoms with Crippen LogP contribution < -0.4 is 10.6 Å². The Balaban J connectivity index is 0.00000264. The minimum atomic E-state index is 0. The van der Waals surface area contributed by atoms with Gasteiger partial charge in [-0.3, -0.25) is 4.99 Å². The van der Waals surface area contributed by atoms with Gasteiger partial charge in [0, 0.05) is 38.6 Å². The lowest BCUT2D eigenvalue weighted by Gasteiger charge is -2.30. The minimum absolute atomic E-state index is 0. The third-order valence-electron chi connectivity index (χ3n) is 5.02. The monoisotopic (exact) mass is 455 g/mol. The Morgan fingerprint density at radius 3 is 2.65 bits per heavy atom. The Morgan fingerprint density at radius 2 is 2.04 bits per heavy atom. The van der Waals surface area contributed by atoms with Crippen LogP contribution in [0.1, 0.15) is 51.9 Å². The molecule has 6 heteroatoms. The number of thioether (sulfide) groups is 1. The summed E-state index contributed by atoms with van der Waals surface area (Å²) in [7, 11) is 1.87. The van der Waals surface area contributed by atoms with Gasteiger partial charge in [-0.2, -0.15) is 11.8 Å². The van der Waals surface area contributed by atoms with Crippen LogP contribution in [0.5, 0.6) is 0 Å². The first kappa shape index (κ1) is 21.4. The molecule has 0 aromatic rings. The molecular weight excluding hydrogens is 421 g/mol. The molecule has 4 nitrogen and oxygen atoms in total. The number of hydrogen-bond donors (Lipinski definition) is 2. The maximum Gasteiger partial charge on any atom is 0.191 e. The second-order valence-corrected chi connectivity index (χ2v) is 8.00. The first-order chi connectivity index (χ1) is 10.8. The highest BCUT2D eigenvalue weighted by atomic mass is 127. The van der Waals surface area contributed by atoms with Crippen molar-refractivity contribution in [3.05, 3.63) is 0 Å². The number of nitrogens with one attached hydrogen (secondary N) is 2. The van der Waals surface area contributed by atoms with Gasteiger partial charge in [-0.05, 0) is 50.2 Å². The number of aliphatic imine (C=N–C) groups is 1. The normalized spacial score (nSPS) is 23.6. The molecule has 0 amide bonds. The molecule has 2 rings (SSSR count). The van der Waals surface area contributed by atoms with Crippen LogP contribution in [-0.4, -0.2) is 50.3 Å². The Hall–Kier alpha value is 0.310. The summed E-state index contributed by atoms with van der Waals surface area (Å²) >= 11 is 2.09. The summed E-state index contributed by atoms with van der Waals surface area (Å²) in [5.74, 6) is 2.29. The minimum Gasteiger partial charge on any atom is -0.382 e. The predicted molar refractivity (Wildman–Crippen MR) is 112 cm³/mol. The molecule has 2 aliphatic rings. The molecular formula is C17H34IN3OS. The van der Waals surface area contributed by atoms with Crippen LogP contribution in [-0.2, 0) is 4.74 Å². The van der Waals surface area contributed by atoms with Crippen molar-refractivity contribution in [1.29, 1.82) is 0 Å². The molecule has 1 aliphatic heterocycles. The summed E-state index contributed by atoms with van der Waals surface area (Å²) in [6.07, 6.45) is 9.24. The zero-order valence-electron chi connectivity index (χ0n) is 14.7. The molecule has 0 aromatic heterocycles. The summed E-state index contributed by atoms with van der Waals surface area (Å²) < 4.78 is 5.59. The highest BCUT2D eigenvalue weighted by Crippen LogP contribution is 2.40. The van der Waals surface area contributed by atoms with Gasteiger partial charge in [-0.25, -0.2) is 0 Å². The van der Waals surface area contributed by atoms with Crippen molar-refractivity contribution in [2.24, 2.45) is 10.4 Å². The Morgan fingerprint density at radius 1 is 1.26 bits per heavy atom. The van der Waals surface area contributed by atoms with Crippen molar-refractivity contribution >= 4 is 41.7 Å². The lowest BCUT2D eigenvalue weighted by molar-refractivity contribution is 0.105. The van der Waals surface area contributed by atoms with Gasteiger partial charge >= 0.3 is 0 Å². The third kappa shape index (κ3) is 7.38. The summed E-state index contributed by atoms with van der Waals surface area (Å²) in [5.41, 5.74) is 0.412. The SMILES string of the molecule is CCOCCC1(CNC(=NC)NCC2CCCS2)CCCC1.I. The summed E-state index contributed by atoms with van der Waals surface area (Å²) in [6, 6.07) is 0. The van der Waals surface area contributed by atoms with E-state index in [1.165, 1.54) is 50.7 Å². The summed E-state index contributed by atoms with van der Waals surface area (Å²) in [6.45, 7) is 5.86. The van der Waals surface area contributed by atoms with Crippen LogP contribution >= 0.6 is 35.7 Å². The lowest BCUT2D eigenvalue weighted by atomic mass is 9.83. The van der Waals surface area contributed by atoms with Gasteiger partial charge in [-0.1, -0.05) is 12.8 Å². The zero-order chi connectivity index (χ0) is 15.7. The van der Waals surface area contributed by atoms with Crippen LogP contribution in [0, 0.1) is 5.41 Å². The second-order valence-electron chi connectivity index (χ2n) is 6.60. The maximum atomic E-state index is 5.59. The average molecular weight is 455 g/mol. The van der Waals surface area contributed by atoms with E-state index >= 15 is 0 Å². The molecule has 1 unspecified atom stereocenters. The van der Waals surface area contributed by atoms with Crippen LogP contribution in [0.25, 0.3) is 0 Å². The van der Waals surface area contributed by atoms with E-state index in [1.54, 1.807) is 0 Å². The fourth-order valence-electron chi connectivity index (χ4n) is 3.58. The maximum absolute atomic E-state index is 5.59. The van der Waals surface area contributed by atoms with Gasteiger partial charge in [0.05, 0.1) is 0 Å². The first-order valence-corrected chi connectivity index (χ1v) is 9.97. The number of hydrogen-bond acceptors (Lipinski definition) is 3. The average Bonchev–Trinajstić information content (AvgIpc) is 3.20. The Labute approximate surface area is 163 Å². The van der Waals surface area contributed by atoms with Gasteiger partial charge in [0.25, 0.3) is 0 Å². The van der Waals surface area contributed by atoms with Gasteiger partial charge in [-0.15, -0.1) is 24.0 Å². The van der Waals surface area contributed by atoms with Crippen molar-refractivity contribution < 1.29 is 4.74 Å². The lowest BCUT2D eigenvalue weighted by Crippen LogP contribution is -2.44. The van der Waals surface area contributed by atoms with Crippen molar-refractivity contribution in [3.63, 3.8) is 0 Å². The fourth-order valence-corrected chi connectivity index (χ4v) is 4.78. The van der Waals surface area contributed by atoms with Gasteiger partial charge in [0.2, 0.25) is 0 Å². The number of rotatable bonds is 8. The number of nitrogens with zero attached hydrogens (tertiary/aromatic N) is 1. The van der Waals surface area contributed by atoms with Gasteiger partial charge < -0.3 is 15.4 Å². The third-order valence-corrected chi connectivity index (χ3v) is 6.42. The molecule has 1 saturated heterocycles. The fraction of sp³-hybridized carbons (Fsp3) is 0.941. The molecule has 1 atom stereocenters. The van der Waals surface area contributed by atoms with Gasteiger partial charge in [0.1, 0.15) is 0 Å². The Kier molecular flexibility index (Phi) is 10.9.